The maximum atomic E-state index is 12.7. The molecule has 1 saturated heterocycles. The first kappa shape index (κ1) is 16.8. The quantitative estimate of drug-likeness (QED) is 0.900. The van der Waals surface area contributed by atoms with E-state index in [1.54, 1.807) is 23.2 Å². The number of pyridine rings is 1. The second-order valence-electron chi connectivity index (χ2n) is 7.19. The predicted molar refractivity (Wildman–Crippen MR) is 99.9 cm³/mol. The molecule has 1 aromatic heterocycles. The molecule has 26 heavy (non-hydrogen) atoms. The molecule has 0 spiro atoms. The Kier molecular flexibility index (Phi) is 4.45. The SMILES string of the molecule is Cc1cccnc1[C@@H](NC(=O)c1ccc(N2CCCC2=O)cc1)C1CC1. The Bertz CT molecular complexity index is 827. The highest BCUT2D eigenvalue weighted by Crippen LogP contribution is 2.41. The molecule has 2 amide bonds. The number of aryl methyl sites for hydroxylation is 1. The lowest BCUT2D eigenvalue weighted by atomic mass is 10.0. The Morgan fingerprint density at radius 2 is 2.00 bits per heavy atom. The highest BCUT2D eigenvalue weighted by molar-refractivity contribution is 5.97. The number of carbonyl (C=O) groups is 2. The molecule has 5 nitrogen and oxygen atoms in total. The molecule has 134 valence electrons. The molecular formula is C21H23N3O2. The van der Waals surface area contributed by atoms with Gasteiger partial charge in [0.05, 0.1) is 11.7 Å². The van der Waals surface area contributed by atoms with Crippen molar-refractivity contribution in [3.8, 4) is 0 Å². The van der Waals surface area contributed by atoms with Gasteiger partial charge in [0, 0.05) is 30.4 Å². The van der Waals surface area contributed by atoms with E-state index < -0.39 is 0 Å². The van der Waals surface area contributed by atoms with Crippen molar-refractivity contribution in [3.05, 3.63) is 59.4 Å². The van der Waals surface area contributed by atoms with Gasteiger partial charge in [-0.2, -0.15) is 0 Å². The first-order valence-electron chi connectivity index (χ1n) is 9.26. The fraction of sp³-hybridized carbons (Fsp3) is 0.381. The highest BCUT2D eigenvalue weighted by Gasteiger charge is 2.35. The van der Waals surface area contributed by atoms with E-state index in [-0.39, 0.29) is 17.9 Å². The molecule has 2 fully saturated rings. The molecule has 1 aliphatic heterocycles. The van der Waals surface area contributed by atoms with Crippen LogP contribution in [0.1, 0.15) is 53.3 Å². The summed E-state index contributed by atoms with van der Waals surface area (Å²) >= 11 is 0. The van der Waals surface area contributed by atoms with E-state index in [0.29, 0.717) is 17.9 Å². The first-order valence-corrected chi connectivity index (χ1v) is 9.26. The maximum absolute atomic E-state index is 12.7. The normalized spacial score (nSPS) is 18.0. The van der Waals surface area contributed by atoms with Crippen LogP contribution in [0.2, 0.25) is 0 Å². The summed E-state index contributed by atoms with van der Waals surface area (Å²) < 4.78 is 0. The topological polar surface area (TPSA) is 62.3 Å². The van der Waals surface area contributed by atoms with E-state index in [9.17, 15) is 9.59 Å². The van der Waals surface area contributed by atoms with E-state index in [2.05, 4.69) is 10.3 Å². The Balaban J connectivity index is 1.50. The predicted octanol–water partition coefficient (Wildman–Crippen LogP) is 3.40. The molecular weight excluding hydrogens is 326 g/mol. The molecule has 1 N–H and O–H groups in total. The van der Waals surface area contributed by atoms with Crippen molar-refractivity contribution in [1.29, 1.82) is 0 Å². The summed E-state index contributed by atoms with van der Waals surface area (Å²) in [6, 6.07) is 11.2. The summed E-state index contributed by atoms with van der Waals surface area (Å²) in [5.74, 6) is 0.530. The molecule has 1 saturated carbocycles. The minimum absolute atomic E-state index is 0.0384. The van der Waals surface area contributed by atoms with Gasteiger partial charge in [-0.1, -0.05) is 6.07 Å². The van der Waals surface area contributed by atoms with E-state index in [4.69, 9.17) is 0 Å². The third-order valence-corrected chi connectivity index (χ3v) is 5.24. The van der Waals surface area contributed by atoms with Crippen LogP contribution in [-0.2, 0) is 4.79 Å². The lowest BCUT2D eigenvalue weighted by molar-refractivity contribution is -0.117. The maximum Gasteiger partial charge on any atom is 0.251 e. The third kappa shape index (κ3) is 3.34. The van der Waals surface area contributed by atoms with Gasteiger partial charge in [0.1, 0.15) is 0 Å². The standard InChI is InChI=1S/C21H23N3O2/c1-14-4-2-12-22-19(14)20(15-6-7-15)23-21(26)16-8-10-17(11-9-16)24-13-3-5-18(24)25/h2,4,8-12,15,20H,3,5-7,13H2,1H3,(H,23,26)/t20-/m0/s1. The minimum atomic E-state index is -0.0914. The van der Waals surface area contributed by atoms with Crippen molar-refractivity contribution < 1.29 is 9.59 Å². The van der Waals surface area contributed by atoms with Crippen molar-refractivity contribution in [2.75, 3.05) is 11.4 Å². The number of nitrogens with one attached hydrogen (secondary N) is 1. The molecule has 1 atom stereocenters. The summed E-state index contributed by atoms with van der Waals surface area (Å²) in [5, 5.41) is 3.17. The fourth-order valence-corrected chi connectivity index (χ4v) is 3.60. The molecule has 0 radical (unpaired) electrons. The summed E-state index contributed by atoms with van der Waals surface area (Å²) in [6.07, 6.45) is 5.53. The van der Waals surface area contributed by atoms with E-state index in [0.717, 1.165) is 42.8 Å². The average Bonchev–Trinajstić information content (AvgIpc) is 3.41. The van der Waals surface area contributed by atoms with Crippen LogP contribution in [0, 0.1) is 12.8 Å². The molecule has 0 bridgehead atoms. The van der Waals surface area contributed by atoms with Crippen molar-refractivity contribution >= 4 is 17.5 Å². The van der Waals surface area contributed by atoms with Gasteiger partial charge in [0.2, 0.25) is 5.91 Å². The summed E-state index contributed by atoms with van der Waals surface area (Å²) in [5.41, 5.74) is 3.54. The van der Waals surface area contributed by atoms with Crippen molar-refractivity contribution in [3.63, 3.8) is 0 Å². The number of hydrogen-bond donors (Lipinski definition) is 1. The number of carbonyl (C=O) groups excluding carboxylic acids is 2. The van der Waals surface area contributed by atoms with Gasteiger partial charge < -0.3 is 10.2 Å². The average molecular weight is 349 g/mol. The van der Waals surface area contributed by atoms with Crippen LogP contribution in [0.3, 0.4) is 0 Å². The van der Waals surface area contributed by atoms with Crippen molar-refractivity contribution in [1.82, 2.24) is 10.3 Å². The van der Waals surface area contributed by atoms with Crippen molar-refractivity contribution in [2.45, 2.75) is 38.6 Å². The number of aromatic nitrogens is 1. The van der Waals surface area contributed by atoms with Crippen LogP contribution in [0.15, 0.2) is 42.6 Å². The van der Waals surface area contributed by atoms with E-state index in [1.807, 2.05) is 31.2 Å². The van der Waals surface area contributed by atoms with Gasteiger partial charge >= 0.3 is 0 Å². The fourth-order valence-electron chi connectivity index (χ4n) is 3.60. The first-order chi connectivity index (χ1) is 12.6. The number of amides is 2. The van der Waals surface area contributed by atoms with E-state index >= 15 is 0 Å². The monoisotopic (exact) mass is 349 g/mol. The summed E-state index contributed by atoms with van der Waals surface area (Å²) in [4.78, 5) is 30.9. The van der Waals surface area contributed by atoms with Gasteiger partial charge in [-0.15, -0.1) is 0 Å². The lowest BCUT2D eigenvalue weighted by Gasteiger charge is -2.20. The molecule has 0 unspecified atom stereocenters. The smallest absolute Gasteiger partial charge is 0.251 e. The Labute approximate surface area is 153 Å². The molecule has 1 aromatic carbocycles. The van der Waals surface area contributed by atoms with Gasteiger partial charge in [-0.05, 0) is 68.0 Å². The van der Waals surface area contributed by atoms with Gasteiger partial charge in [-0.25, -0.2) is 0 Å². The number of anilines is 1. The molecule has 2 heterocycles. The Morgan fingerprint density at radius 1 is 1.23 bits per heavy atom. The number of hydrogen-bond acceptors (Lipinski definition) is 3. The molecule has 2 aromatic rings. The zero-order valence-corrected chi connectivity index (χ0v) is 14.9. The summed E-state index contributed by atoms with van der Waals surface area (Å²) in [7, 11) is 0. The minimum Gasteiger partial charge on any atom is -0.343 e. The second-order valence-corrected chi connectivity index (χ2v) is 7.19. The molecule has 2 aliphatic rings. The Morgan fingerprint density at radius 3 is 2.62 bits per heavy atom. The third-order valence-electron chi connectivity index (χ3n) is 5.24. The zero-order chi connectivity index (χ0) is 18.1. The molecule has 5 heteroatoms. The van der Waals surface area contributed by atoms with Gasteiger partial charge in [-0.3, -0.25) is 14.6 Å². The van der Waals surface area contributed by atoms with Crippen LogP contribution in [0.4, 0.5) is 5.69 Å². The highest BCUT2D eigenvalue weighted by atomic mass is 16.2. The van der Waals surface area contributed by atoms with Gasteiger partial charge in [0.25, 0.3) is 5.91 Å². The molecule has 1 aliphatic carbocycles. The second kappa shape index (κ2) is 6.90. The van der Waals surface area contributed by atoms with Crippen LogP contribution in [0.5, 0.6) is 0 Å². The van der Waals surface area contributed by atoms with Crippen LogP contribution in [-0.4, -0.2) is 23.3 Å². The summed E-state index contributed by atoms with van der Waals surface area (Å²) in [6.45, 7) is 2.79. The zero-order valence-electron chi connectivity index (χ0n) is 14.9. The number of nitrogens with zero attached hydrogens (tertiary/aromatic N) is 2. The largest absolute Gasteiger partial charge is 0.343 e. The lowest BCUT2D eigenvalue weighted by Crippen LogP contribution is -2.31. The number of rotatable bonds is 5. The van der Waals surface area contributed by atoms with Crippen LogP contribution < -0.4 is 10.2 Å². The van der Waals surface area contributed by atoms with Crippen LogP contribution >= 0.6 is 0 Å². The Hall–Kier alpha value is -2.69. The van der Waals surface area contributed by atoms with Gasteiger partial charge in [0.15, 0.2) is 0 Å². The number of benzene rings is 1. The van der Waals surface area contributed by atoms with Crippen LogP contribution in [0.25, 0.3) is 0 Å². The molecule has 4 rings (SSSR count). The van der Waals surface area contributed by atoms with E-state index in [1.165, 1.54) is 0 Å². The van der Waals surface area contributed by atoms with Crippen molar-refractivity contribution in [2.24, 2.45) is 5.92 Å².